The molecule has 0 bridgehead atoms. The van der Waals surface area contributed by atoms with Gasteiger partial charge < -0.3 is 16.0 Å². The molecule has 0 aromatic heterocycles. The van der Waals surface area contributed by atoms with Gasteiger partial charge in [0.1, 0.15) is 0 Å². The maximum Gasteiger partial charge on any atom is 0.224 e. The third-order valence-corrected chi connectivity index (χ3v) is 2.19. The topological polar surface area (TPSA) is 58.4 Å². The molecule has 1 amide bonds. The predicted octanol–water partition coefficient (Wildman–Crippen LogP) is 0.0392. The van der Waals surface area contributed by atoms with Crippen LogP contribution >= 0.6 is 0 Å². The number of nitrogens with one attached hydrogen (secondary N) is 1. The van der Waals surface area contributed by atoms with Crippen molar-refractivity contribution in [2.45, 2.75) is 20.3 Å². The second kappa shape index (κ2) is 5.98. The van der Waals surface area contributed by atoms with Gasteiger partial charge in [-0.2, -0.15) is 0 Å². The standard InChI is InChI=1S/C10H23N3O/c1-10(2,9(11)14)8-12-6-5-7-13(3)4/h12H,5-8H2,1-4H3,(H2,11,14). The molecule has 0 spiro atoms. The van der Waals surface area contributed by atoms with Gasteiger partial charge in [0.25, 0.3) is 0 Å². The third kappa shape index (κ3) is 5.94. The molecule has 14 heavy (non-hydrogen) atoms. The van der Waals surface area contributed by atoms with E-state index in [1.165, 1.54) is 0 Å². The SMILES string of the molecule is CN(C)CCCNCC(C)(C)C(N)=O. The molecule has 0 aliphatic rings. The molecule has 0 atom stereocenters. The second-order valence-electron chi connectivity index (χ2n) is 4.58. The largest absolute Gasteiger partial charge is 0.369 e. The van der Waals surface area contributed by atoms with Crippen LogP contribution in [-0.4, -0.2) is 44.5 Å². The first-order chi connectivity index (χ1) is 6.36. The summed E-state index contributed by atoms with van der Waals surface area (Å²) >= 11 is 0. The zero-order valence-electron chi connectivity index (χ0n) is 9.76. The van der Waals surface area contributed by atoms with Crippen LogP contribution in [0.15, 0.2) is 0 Å². The number of carbonyl (C=O) groups is 1. The molecule has 3 N–H and O–H groups in total. The van der Waals surface area contributed by atoms with Crippen LogP contribution in [0.5, 0.6) is 0 Å². The molecule has 0 fully saturated rings. The maximum atomic E-state index is 11.0. The summed E-state index contributed by atoms with van der Waals surface area (Å²) in [6, 6.07) is 0. The molecule has 4 heteroatoms. The first-order valence-electron chi connectivity index (χ1n) is 5.01. The number of primary amides is 1. The van der Waals surface area contributed by atoms with Crippen molar-refractivity contribution in [1.82, 2.24) is 10.2 Å². The van der Waals surface area contributed by atoms with E-state index in [9.17, 15) is 4.79 Å². The first kappa shape index (κ1) is 13.4. The molecule has 0 aromatic rings. The average molecular weight is 201 g/mol. The summed E-state index contributed by atoms with van der Waals surface area (Å²) in [7, 11) is 4.10. The number of nitrogens with two attached hydrogens (primary N) is 1. The third-order valence-electron chi connectivity index (χ3n) is 2.19. The smallest absolute Gasteiger partial charge is 0.224 e. The van der Waals surface area contributed by atoms with E-state index in [1.54, 1.807) is 0 Å². The van der Waals surface area contributed by atoms with Gasteiger partial charge in [0.15, 0.2) is 0 Å². The molecule has 4 nitrogen and oxygen atoms in total. The molecule has 0 radical (unpaired) electrons. The van der Waals surface area contributed by atoms with E-state index in [0.717, 1.165) is 19.5 Å². The monoisotopic (exact) mass is 201 g/mol. The molecular weight excluding hydrogens is 178 g/mol. The average Bonchev–Trinajstić information content (AvgIpc) is 2.02. The summed E-state index contributed by atoms with van der Waals surface area (Å²) in [6.07, 6.45) is 1.09. The van der Waals surface area contributed by atoms with Crippen molar-refractivity contribution in [3.05, 3.63) is 0 Å². The minimum absolute atomic E-state index is 0.252. The molecule has 84 valence electrons. The summed E-state index contributed by atoms with van der Waals surface area (Å²) in [5.41, 5.74) is 4.80. The summed E-state index contributed by atoms with van der Waals surface area (Å²) in [5.74, 6) is -0.252. The van der Waals surface area contributed by atoms with Gasteiger partial charge in [-0.15, -0.1) is 0 Å². The minimum atomic E-state index is -0.446. The number of rotatable bonds is 7. The Labute approximate surface area is 86.8 Å². The lowest BCUT2D eigenvalue weighted by Gasteiger charge is -2.21. The fraction of sp³-hybridized carbons (Fsp3) is 0.900. The van der Waals surface area contributed by atoms with Gasteiger partial charge in [-0.25, -0.2) is 0 Å². The van der Waals surface area contributed by atoms with E-state index in [4.69, 9.17) is 5.73 Å². The Morgan fingerprint density at radius 1 is 1.43 bits per heavy atom. The van der Waals surface area contributed by atoms with Crippen LogP contribution in [0.1, 0.15) is 20.3 Å². The van der Waals surface area contributed by atoms with Crippen LogP contribution < -0.4 is 11.1 Å². The van der Waals surface area contributed by atoms with Crippen molar-refractivity contribution >= 4 is 5.91 Å². The number of carbonyl (C=O) groups excluding carboxylic acids is 1. The maximum absolute atomic E-state index is 11.0. The lowest BCUT2D eigenvalue weighted by atomic mass is 9.93. The van der Waals surface area contributed by atoms with Crippen molar-refractivity contribution in [1.29, 1.82) is 0 Å². The Morgan fingerprint density at radius 3 is 2.43 bits per heavy atom. The molecule has 0 saturated carbocycles. The molecule has 0 aliphatic heterocycles. The Kier molecular flexibility index (Phi) is 5.72. The van der Waals surface area contributed by atoms with E-state index in [0.29, 0.717) is 6.54 Å². The highest BCUT2D eigenvalue weighted by molar-refractivity contribution is 5.80. The van der Waals surface area contributed by atoms with Crippen molar-refractivity contribution in [2.24, 2.45) is 11.1 Å². The highest BCUT2D eigenvalue weighted by Gasteiger charge is 2.23. The number of hydrogen-bond donors (Lipinski definition) is 2. The molecule has 0 heterocycles. The molecule has 0 aliphatic carbocycles. The van der Waals surface area contributed by atoms with Crippen molar-refractivity contribution in [2.75, 3.05) is 33.7 Å². The second-order valence-corrected chi connectivity index (χ2v) is 4.58. The van der Waals surface area contributed by atoms with Gasteiger partial charge in [0, 0.05) is 6.54 Å². The van der Waals surface area contributed by atoms with E-state index in [1.807, 2.05) is 27.9 Å². The summed E-state index contributed by atoms with van der Waals surface area (Å²) in [5, 5.41) is 3.23. The Morgan fingerprint density at radius 2 is 2.00 bits per heavy atom. The van der Waals surface area contributed by atoms with E-state index >= 15 is 0 Å². The highest BCUT2D eigenvalue weighted by atomic mass is 16.1. The predicted molar refractivity (Wildman–Crippen MR) is 59.0 cm³/mol. The minimum Gasteiger partial charge on any atom is -0.369 e. The quantitative estimate of drug-likeness (QED) is 0.572. The highest BCUT2D eigenvalue weighted by Crippen LogP contribution is 2.11. The normalized spacial score (nSPS) is 12.1. The van der Waals surface area contributed by atoms with Gasteiger partial charge in [-0.1, -0.05) is 0 Å². The summed E-state index contributed by atoms with van der Waals surface area (Å²) in [6.45, 7) is 6.34. The number of nitrogens with zero attached hydrogens (tertiary/aromatic N) is 1. The lowest BCUT2D eigenvalue weighted by Crippen LogP contribution is -2.40. The fourth-order valence-electron chi connectivity index (χ4n) is 1.01. The Hall–Kier alpha value is -0.610. The Balaban J connectivity index is 3.49. The lowest BCUT2D eigenvalue weighted by molar-refractivity contribution is -0.125. The van der Waals surface area contributed by atoms with Crippen molar-refractivity contribution < 1.29 is 4.79 Å². The van der Waals surface area contributed by atoms with E-state index in [-0.39, 0.29) is 5.91 Å². The van der Waals surface area contributed by atoms with Crippen molar-refractivity contribution in [3.8, 4) is 0 Å². The van der Waals surface area contributed by atoms with Crippen LogP contribution in [0.4, 0.5) is 0 Å². The van der Waals surface area contributed by atoms with Gasteiger partial charge in [0.2, 0.25) is 5.91 Å². The van der Waals surface area contributed by atoms with Crippen LogP contribution in [0.25, 0.3) is 0 Å². The molecular formula is C10H23N3O. The summed E-state index contributed by atoms with van der Waals surface area (Å²) < 4.78 is 0. The van der Waals surface area contributed by atoms with E-state index in [2.05, 4.69) is 10.2 Å². The number of amides is 1. The van der Waals surface area contributed by atoms with Gasteiger partial charge in [-0.05, 0) is 47.5 Å². The van der Waals surface area contributed by atoms with Gasteiger partial charge in [0.05, 0.1) is 5.41 Å². The summed E-state index contributed by atoms with van der Waals surface area (Å²) in [4.78, 5) is 13.1. The van der Waals surface area contributed by atoms with Gasteiger partial charge >= 0.3 is 0 Å². The van der Waals surface area contributed by atoms with E-state index < -0.39 is 5.41 Å². The first-order valence-corrected chi connectivity index (χ1v) is 5.01. The van der Waals surface area contributed by atoms with Crippen LogP contribution in [-0.2, 0) is 4.79 Å². The van der Waals surface area contributed by atoms with Crippen LogP contribution in [0.3, 0.4) is 0 Å². The van der Waals surface area contributed by atoms with Crippen LogP contribution in [0, 0.1) is 5.41 Å². The molecule has 0 aromatic carbocycles. The number of hydrogen-bond acceptors (Lipinski definition) is 3. The molecule has 0 rings (SSSR count). The fourth-order valence-corrected chi connectivity index (χ4v) is 1.01. The molecule has 0 unspecified atom stereocenters. The zero-order chi connectivity index (χ0) is 11.2. The Bertz CT molecular complexity index is 178. The van der Waals surface area contributed by atoms with Gasteiger partial charge in [-0.3, -0.25) is 4.79 Å². The van der Waals surface area contributed by atoms with Crippen LogP contribution in [0.2, 0.25) is 0 Å². The molecule has 0 saturated heterocycles. The van der Waals surface area contributed by atoms with Crippen molar-refractivity contribution in [3.63, 3.8) is 0 Å². The zero-order valence-corrected chi connectivity index (χ0v) is 9.76.